The molecule has 1 aliphatic rings. The van der Waals surface area contributed by atoms with Crippen molar-refractivity contribution in [1.82, 2.24) is 0 Å². The van der Waals surface area contributed by atoms with E-state index in [1.165, 1.54) is 0 Å². The predicted molar refractivity (Wildman–Crippen MR) is 34.5 cm³/mol. The Morgan fingerprint density at radius 2 is 2.62 bits per heavy atom. The molecule has 0 aromatic carbocycles. The summed E-state index contributed by atoms with van der Waals surface area (Å²) in [6.45, 7) is 3.63. The molecule has 0 saturated heterocycles. The molecule has 0 unspecified atom stereocenters. The highest BCUT2D eigenvalue weighted by atomic mass is 32.1. The van der Waals surface area contributed by atoms with Crippen molar-refractivity contribution in [3.8, 4) is 11.5 Å². The van der Waals surface area contributed by atoms with Crippen molar-refractivity contribution in [2.75, 3.05) is 0 Å². The summed E-state index contributed by atoms with van der Waals surface area (Å²) in [5, 5.41) is 1.99. The molecule has 1 nitrogen and oxygen atoms in total. The van der Waals surface area contributed by atoms with Gasteiger partial charge in [0, 0.05) is 5.38 Å². The highest BCUT2D eigenvalue weighted by Crippen LogP contribution is 2.52. The summed E-state index contributed by atoms with van der Waals surface area (Å²) in [5.41, 5.74) is 0. The molecule has 2 heterocycles. The van der Waals surface area contributed by atoms with Gasteiger partial charge >= 0.3 is 0 Å². The molecule has 0 radical (unpaired) electrons. The van der Waals surface area contributed by atoms with Crippen LogP contribution in [0.25, 0.3) is 6.08 Å². The quantitative estimate of drug-likeness (QED) is 0.532. The second-order valence-corrected chi connectivity index (χ2v) is 2.51. The minimum atomic E-state index is 1.03. The van der Waals surface area contributed by atoms with Gasteiger partial charge in [-0.15, -0.1) is 11.3 Å². The van der Waals surface area contributed by atoms with E-state index in [9.17, 15) is 0 Å². The molecule has 0 bridgehead atoms. The summed E-state index contributed by atoms with van der Waals surface area (Å²) in [5.74, 6) is 2.06. The van der Waals surface area contributed by atoms with Gasteiger partial charge in [-0.25, -0.2) is 0 Å². The standard InChI is InChI=1S/C6H4OS/c1-2-5-6-4(7-6)3-8-5/h2-3H,1H2. The van der Waals surface area contributed by atoms with Crippen LogP contribution in [0.1, 0.15) is 4.88 Å². The van der Waals surface area contributed by atoms with Crippen LogP contribution in [0.4, 0.5) is 0 Å². The molecule has 0 N–H and O–H groups in total. The number of thiophene rings is 1. The van der Waals surface area contributed by atoms with Gasteiger partial charge in [0.2, 0.25) is 0 Å². The van der Waals surface area contributed by atoms with Crippen LogP contribution in [0, 0.1) is 0 Å². The highest BCUT2D eigenvalue weighted by molar-refractivity contribution is 7.11. The molecule has 8 heavy (non-hydrogen) atoms. The summed E-state index contributed by atoms with van der Waals surface area (Å²) in [6.07, 6.45) is 1.82. The van der Waals surface area contributed by atoms with E-state index in [4.69, 9.17) is 4.74 Å². The second-order valence-electron chi connectivity index (χ2n) is 1.60. The Hall–Kier alpha value is -0.760. The maximum atomic E-state index is 5.00. The molecule has 1 aromatic heterocycles. The van der Waals surface area contributed by atoms with Gasteiger partial charge in [0.05, 0.1) is 4.88 Å². The Labute approximate surface area is 51.2 Å². The summed E-state index contributed by atoms with van der Waals surface area (Å²) in [7, 11) is 0. The van der Waals surface area contributed by atoms with Gasteiger partial charge in [-0.1, -0.05) is 6.58 Å². The van der Waals surface area contributed by atoms with Crippen LogP contribution in [0.3, 0.4) is 0 Å². The molecule has 2 heteroatoms. The maximum absolute atomic E-state index is 5.00. The third-order valence-corrected chi connectivity index (χ3v) is 2.03. The van der Waals surface area contributed by atoms with Crippen LogP contribution in [0.5, 0.6) is 11.5 Å². The van der Waals surface area contributed by atoms with Crippen molar-refractivity contribution in [2.24, 2.45) is 0 Å². The molecule has 1 aliphatic heterocycles. The lowest BCUT2D eigenvalue weighted by Gasteiger charge is -1.77. The zero-order valence-corrected chi connectivity index (χ0v) is 4.99. The predicted octanol–water partition coefficient (Wildman–Crippen LogP) is 2.50. The Balaban J connectivity index is 2.62. The Kier molecular flexibility index (Phi) is 0.594. The van der Waals surface area contributed by atoms with E-state index in [0.717, 1.165) is 16.4 Å². The number of rotatable bonds is 1. The smallest absolute Gasteiger partial charge is 0.188 e. The first-order valence-corrected chi connectivity index (χ1v) is 3.21. The van der Waals surface area contributed by atoms with Crippen molar-refractivity contribution < 1.29 is 4.74 Å². The SMILES string of the molecule is C=Cc1scc2c1O2. The van der Waals surface area contributed by atoms with Gasteiger partial charge in [-0.2, -0.15) is 0 Å². The lowest BCUT2D eigenvalue weighted by atomic mass is 10.5. The molecule has 40 valence electrons. The fraction of sp³-hybridized carbons (Fsp3) is 0. The lowest BCUT2D eigenvalue weighted by Crippen LogP contribution is -1.54. The first-order chi connectivity index (χ1) is 3.92. The highest BCUT2D eigenvalue weighted by Gasteiger charge is 2.24. The maximum Gasteiger partial charge on any atom is 0.188 e. The second kappa shape index (κ2) is 1.14. The van der Waals surface area contributed by atoms with E-state index in [1.54, 1.807) is 11.3 Å². The van der Waals surface area contributed by atoms with E-state index in [0.29, 0.717) is 0 Å². The number of hydrogen-bond acceptors (Lipinski definition) is 2. The Morgan fingerprint density at radius 1 is 1.75 bits per heavy atom. The van der Waals surface area contributed by atoms with Crippen molar-refractivity contribution in [1.29, 1.82) is 0 Å². The van der Waals surface area contributed by atoms with Gasteiger partial charge < -0.3 is 4.74 Å². The number of hydrogen-bond donors (Lipinski definition) is 0. The number of fused-ring (bicyclic) bond motifs is 1. The van der Waals surface area contributed by atoms with Gasteiger partial charge in [0.25, 0.3) is 0 Å². The van der Waals surface area contributed by atoms with Crippen LogP contribution in [0.15, 0.2) is 12.0 Å². The molecule has 0 spiro atoms. The van der Waals surface area contributed by atoms with Crippen molar-refractivity contribution in [2.45, 2.75) is 0 Å². The van der Waals surface area contributed by atoms with Gasteiger partial charge in [-0.05, 0) is 6.08 Å². The summed E-state index contributed by atoms with van der Waals surface area (Å²) in [4.78, 5) is 1.15. The first-order valence-electron chi connectivity index (χ1n) is 2.33. The van der Waals surface area contributed by atoms with Crippen LogP contribution in [-0.2, 0) is 0 Å². The number of ether oxygens (including phenoxy) is 1. The van der Waals surface area contributed by atoms with Crippen molar-refractivity contribution in [3.05, 3.63) is 16.8 Å². The normalized spacial score (nSPS) is 12.0. The van der Waals surface area contributed by atoms with Gasteiger partial charge in [-0.3, -0.25) is 0 Å². The summed E-state index contributed by atoms with van der Waals surface area (Å²) >= 11 is 1.67. The topological polar surface area (TPSA) is 12.5 Å². The van der Waals surface area contributed by atoms with E-state index < -0.39 is 0 Å². The van der Waals surface area contributed by atoms with Crippen LogP contribution >= 0.6 is 11.3 Å². The fourth-order valence-corrected chi connectivity index (χ4v) is 1.38. The third-order valence-electron chi connectivity index (χ3n) is 1.10. The van der Waals surface area contributed by atoms with E-state index in [-0.39, 0.29) is 0 Å². The van der Waals surface area contributed by atoms with Crippen LogP contribution in [0.2, 0.25) is 0 Å². The summed E-state index contributed by atoms with van der Waals surface area (Å²) < 4.78 is 5.00. The lowest BCUT2D eigenvalue weighted by molar-refractivity contribution is 0.648. The van der Waals surface area contributed by atoms with Gasteiger partial charge in [0.1, 0.15) is 0 Å². The zero-order chi connectivity index (χ0) is 5.56. The molecule has 0 atom stereocenters. The Morgan fingerprint density at radius 3 is 2.88 bits per heavy atom. The first kappa shape index (κ1) is 4.15. The molecular formula is C6H4OS. The fourth-order valence-electron chi connectivity index (χ4n) is 0.645. The largest absolute Gasteiger partial charge is 0.447 e. The van der Waals surface area contributed by atoms with Crippen LogP contribution in [-0.4, -0.2) is 0 Å². The van der Waals surface area contributed by atoms with Gasteiger partial charge in [0.15, 0.2) is 11.5 Å². The molecule has 0 fully saturated rings. The monoisotopic (exact) mass is 124 g/mol. The van der Waals surface area contributed by atoms with E-state index >= 15 is 0 Å². The molecule has 0 amide bonds. The van der Waals surface area contributed by atoms with Crippen molar-refractivity contribution in [3.63, 3.8) is 0 Å². The molecule has 0 saturated carbocycles. The van der Waals surface area contributed by atoms with E-state index in [2.05, 4.69) is 6.58 Å². The Bertz CT molecular complexity index is 237. The minimum Gasteiger partial charge on any atom is -0.447 e. The molecule has 0 aliphatic carbocycles. The van der Waals surface area contributed by atoms with Crippen LogP contribution < -0.4 is 4.74 Å². The minimum absolute atomic E-state index is 1.03. The molecule has 1 aromatic rings. The summed E-state index contributed by atoms with van der Waals surface area (Å²) in [6, 6.07) is 0. The van der Waals surface area contributed by atoms with E-state index in [1.807, 2.05) is 11.5 Å². The average molecular weight is 124 g/mol. The average Bonchev–Trinajstić information content (AvgIpc) is 2.46. The third kappa shape index (κ3) is 0.357. The zero-order valence-electron chi connectivity index (χ0n) is 4.18. The molecular weight excluding hydrogens is 120 g/mol. The van der Waals surface area contributed by atoms with Crippen molar-refractivity contribution >= 4 is 17.4 Å². The molecule has 2 rings (SSSR count).